The van der Waals surface area contributed by atoms with Gasteiger partial charge in [0.2, 0.25) is 0 Å². The van der Waals surface area contributed by atoms with Crippen molar-refractivity contribution < 1.29 is 0 Å². The topological polar surface area (TPSA) is 37.8 Å². The second-order valence-corrected chi connectivity index (χ2v) is 4.14. The molecule has 0 spiro atoms. The second-order valence-electron chi connectivity index (χ2n) is 4.14. The lowest BCUT2D eigenvalue weighted by Crippen LogP contribution is -2.03. The molecule has 0 aliphatic heterocycles. The Bertz CT molecular complexity index is 547. The summed E-state index contributed by atoms with van der Waals surface area (Å²) < 4.78 is 0. The van der Waals surface area contributed by atoms with E-state index < -0.39 is 0 Å². The van der Waals surface area contributed by atoms with E-state index >= 15 is 0 Å². The van der Waals surface area contributed by atoms with Gasteiger partial charge in [-0.2, -0.15) is 0 Å². The van der Waals surface area contributed by atoms with Gasteiger partial charge in [-0.3, -0.25) is 0 Å². The molecule has 88 valence electrons. The zero-order valence-electron chi connectivity index (χ0n) is 10.7. The van der Waals surface area contributed by atoms with Crippen molar-refractivity contribution in [2.75, 3.05) is 12.4 Å². The second kappa shape index (κ2) is 4.53. The number of aromatic nitrogens is 2. The summed E-state index contributed by atoms with van der Waals surface area (Å²) >= 11 is 0. The maximum Gasteiger partial charge on any atom is 0.137 e. The van der Waals surface area contributed by atoms with E-state index in [-0.39, 0.29) is 0 Å². The molecule has 17 heavy (non-hydrogen) atoms. The molecule has 0 unspecified atom stereocenters. The Kier molecular flexibility index (Phi) is 3.09. The molecule has 0 bridgehead atoms. The predicted octanol–water partition coefficient (Wildman–Crippen LogP) is 3.11. The third-order valence-corrected chi connectivity index (χ3v) is 2.85. The van der Waals surface area contributed by atoms with Crippen molar-refractivity contribution in [3.05, 3.63) is 41.3 Å². The van der Waals surface area contributed by atoms with Crippen LogP contribution in [0.15, 0.2) is 24.3 Å². The summed E-state index contributed by atoms with van der Waals surface area (Å²) in [6, 6.07) is 8.30. The molecule has 0 amide bonds. The number of aryl methyl sites for hydroxylation is 3. The van der Waals surface area contributed by atoms with Gasteiger partial charge < -0.3 is 5.32 Å². The van der Waals surface area contributed by atoms with E-state index in [1.807, 2.05) is 33.0 Å². The van der Waals surface area contributed by atoms with Gasteiger partial charge in [0.05, 0.1) is 5.69 Å². The molecule has 0 fully saturated rings. The number of hydrogen-bond donors (Lipinski definition) is 1. The molecule has 2 aromatic rings. The van der Waals surface area contributed by atoms with Gasteiger partial charge in [0.15, 0.2) is 0 Å². The molecule has 1 N–H and O–H groups in total. The quantitative estimate of drug-likeness (QED) is 0.856. The number of benzene rings is 1. The highest BCUT2D eigenvalue weighted by Gasteiger charge is 2.12. The zero-order valence-corrected chi connectivity index (χ0v) is 10.7. The summed E-state index contributed by atoms with van der Waals surface area (Å²) in [4.78, 5) is 8.90. The largest absolute Gasteiger partial charge is 0.373 e. The third kappa shape index (κ3) is 2.13. The third-order valence-electron chi connectivity index (χ3n) is 2.85. The van der Waals surface area contributed by atoms with Crippen molar-refractivity contribution in [2.24, 2.45) is 0 Å². The minimum atomic E-state index is 0.796. The molecule has 0 saturated heterocycles. The minimum Gasteiger partial charge on any atom is -0.373 e. The molecular weight excluding hydrogens is 210 g/mol. The van der Waals surface area contributed by atoms with Crippen molar-refractivity contribution in [3.8, 4) is 11.1 Å². The fraction of sp³-hybridized carbons (Fsp3) is 0.286. The summed E-state index contributed by atoms with van der Waals surface area (Å²) in [6.45, 7) is 6.04. The fourth-order valence-electron chi connectivity index (χ4n) is 2.07. The van der Waals surface area contributed by atoms with Gasteiger partial charge in [-0.15, -0.1) is 0 Å². The van der Waals surface area contributed by atoms with Gasteiger partial charge in [0.25, 0.3) is 0 Å². The van der Waals surface area contributed by atoms with Gasteiger partial charge in [0, 0.05) is 12.6 Å². The Morgan fingerprint density at radius 3 is 2.35 bits per heavy atom. The Hall–Kier alpha value is -1.90. The molecule has 1 heterocycles. The van der Waals surface area contributed by atoms with E-state index in [9.17, 15) is 0 Å². The first kappa shape index (κ1) is 11.6. The maximum absolute atomic E-state index is 4.45. The molecule has 0 atom stereocenters. The normalized spacial score (nSPS) is 10.4. The van der Waals surface area contributed by atoms with Crippen LogP contribution in [0, 0.1) is 20.8 Å². The highest BCUT2D eigenvalue weighted by molar-refractivity contribution is 5.79. The van der Waals surface area contributed by atoms with Crippen LogP contribution in [0.5, 0.6) is 0 Å². The summed E-state index contributed by atoms with van der Waals surface area (Å²) in [6.07, 6.45) is 0. The van der Waals surface area contributed by atoms with E-state index in [4.69, 9.17) is 0 Å². The van der Waals surface area contributed by atoms with Gasteiger partial charge in [-0.1, -0.05) is 24.3 Å². The average molecular weight is 227 g/mol. The molecule has 1 aromatic heterocycles. The van der Waals surface area contributed by atoms with E-state index in [2.05, 4.69) is 34.3 Å². The van der Waals surface area contributed by atoms with Crippen LogP contribution in [0.4, 0.5) is 5.82 Å². The summed E-state index contributed by atoms with van der Waals surface area (Å²) in [5.74, 6) is 1.69. The maximum atomic E-state index is 4.45. The number of rotatable bonds is 2. The van der Waals surface area contributed by atoms with Gasteiger partial charge in [0.1, 0.15) is 11.6 Å². The van der Waals surface area contributed by atoms with Gasteiger partial charge in [-0.25, -0.2) is 9.97 Å². The van der Waals surface area contributed by atoms with Crippen molar-refractivity contribution in [1.29, 1.82) is 0 Å². The molecule has 0 radical (unpaired) electrons. The Morgan fingerprint density at radius 1 is 1.00 bits per heavy atom. The average Bonchev–Trinajstić information content (AvgIpc) is 2.29. The first-order valence-corrected chi connectivity index (χ1v) is 5.72. The molecule has 0 aliphatic rings. The van der Waals surface area contributed by atoms with Crippen LogP contribution in [-0.2, 0) is 0 Å². The standard InChI is InChI=1S/C14H17N3/c1-9-7-5-6-8-12(9)13-10(2)16-11(3)17-14(13)15-4/h5-8H,1-4H3,(H,15,16,17). The molecule has 1 aromatic carbocycles. The lowest BCUT2D eigenvalue weighted by Gasteiger charge is -2.13. The lowest BCUT2D eigenvalue weighted by molar-refractivity contribution is 1.01. The highest BCUT2D eigenvalue weighted by atomic mass is 15.0. The van der Waals surface area contributed by atoms with Crippen molar-refractivity contribution in [1.82, 2.24) is 9.97 Å². The van der Waals surface area contributed by atoms with Crippen LogP contribution >= 0.6 is 0 Å². The van der Waals surface area contributed by atoms with E-state index in [0.717, 1.165) is 22.9 Å². The Labute approximate surface area is 102 Å². The molecule has 0 aliphatic carbocycles. The van der Waals surface area contributed by atoms with E-state index in [0.29, 0.717) is 0 Å². The van der Waals surface area contributed by atoms with Crippen LogP contribution < -0.4 is 5.32 Å². The summed E-state index contributed by atoms with van der Waals surface area (Å²) in [5, 5.41) is 3.15. The minimum absolute atomic E-state index is 0.796. The van der Waals surface area contributed by atoms with Crippen LogP contribution in [-0.4, -0.2) is 17.0 Å². The van der Waals surface area contributed by atoms with Crippen molar-refractivity contribution in [2.45, 2.75) is 20.8 Å². The predicted molar refractivity (Wildman–Crippen MR) is 71.2 cm³/mol. The number of nitrogens with one attached hydrogen (secondary N) is 1. The van der Waals surface area contributed by atoms with Crippen LogP contribution in [0.25, 0.3) is 11.1 Å². The molecular formula is C14H17N3. The Morgan fingerprint density at radius 2 is 1.71 bits per heavy atom. The number of hydrogen-bond acceptors (Lipinski definition) is 3. The molecule has 3 heteroatoms. The van der Waals surface area contributed by atoms with E-state index in [1.165, 1.54) is 11.1 Å². The number of nitrogens with zero attached hydrogens (tertiary/aromatic N) is 2. The highest BCUT2D eigenvalue weighted by Crippen LogP contribution is 2.31. The monoisotopic (exact) mass is 227 g/mol. The van der Waals surface area contributed by atoms with Crippen LogP contribution in [0.1, 0.15) is 17.1 Å². The van der Waals surface area contributed by atoms with Crippen molar-refractivity contribution >= 4 is 5.82 Å². The fourth-order valence-corrected chi connectivity index (χ4v) is 2.07. The van der Waals surface area contributed by atoms with Crippen LogP contribution in [0.2, 0.25) is 0 Å². The van der Waals surface area contributed by atoms with Crippen LogP contribution in [0.3, 0.4) is 0 Å². The molecule has 2 rings (SSSR count). The molecule has 3 nitrogen and oxygen atoms in total. The number of anilines is 1. The SMILES string of the molecule is CNc1nc(C)nc(C)c1-c1ccccc1C. The Balaban J connectivity index is 2.71. The molecule has 0 saturated carbocycles. The smallest absolute Gasteiger partial charge is 0.137 e. The zero-order chi connectivity index (χ0) is 12.4. The summed E-state index contributed by atoms with van der Waals surface area (Å²) in [5.41, 5.74) is 4.53. The van der Waals surface area contributed by atoms with Crippen molar-refractivity contribution in [3.63, 3.8) is 0 Å². The van der Waals surface area contributed by atoms with Gasteiger partial charge in [-0.05, 0) is 31.9 Å². The van der Waals surface area contributed by atoms with E-state index in [1.54, 1.807) is 0 Å². The first-order valence-electron chi connectivity index (χ1n) is 5.72. The van der Waals surface area contributed by atoms with Gasteiger partial charge >= 0.3 is 0 Å². The first-order chi connectivity index (χ1) is 8.13. The lowest BCUT2D eigenvalue weighted by atomic mass is 10.00. The summed E-state index contributed by atoms with van der Waals surface area (Å²) in [7, 11) is 1.89.